The van der Waals surface area contributed by atoms with E-state index in [1.807, 2.05) is 0 Å². The van der Waals surface area contributed by atoms with Crippen molar-refractivity contribution in [3.05, 3.63) is 41.4 Å². The molecule has 12 nitrogen and oxygen atoms in total. The van der Waals surface area contributed by atoms with Gasteiger partial charge < -0.3 is 29.2 Å². The van der Waals surface area contributed by atoms with Gasteiger partial charge in [0.15, 0.2) is 0 Å². The van der Waals surface area contributed by atoms with Crippen molar-refractivity contribution in [1.29, 1.82) is 10.5 Å². The predicted molar refractivity (Wildman–Crippen MR) is 167 cm³/mol. The van der Waals surface area contributed by atoms with Crippen molar-refractivity contribution in [3.8, 4) is 18.0 Å². The number of piperazine rings is 1. The molecule has 44 heavy (non-hydrogen) atoms. The second-order valence-corrected chi connectivity index (χ2v) is 12.2. The van der Waals surface area contributed by atoms with Crippen LogP contribution >= 0.6 is 0 Å². The summed E-state index contributed by atoms with van der Waals surface area (Å²) in [5.74, 6) is 2.11. The largest absolute Gasteiger partial charge is 0.475 e. The number of fused-ring (bicyclic) bond motifs is 2. The zero-order chi connectivity index (χ0) is 30.8. The average Bonchev–Trinajstić information content (AvgIpc) is 3.46. The van der Waals surface area contributed by atoms with Crippen LogP contribution in [-0.2, 0) is 24.2 Å². The number of likely N-dealkylation sites (N-methyl/N-ethyl adjacent to an activating group) is 1. The summed E-state index contributed by atoms with van der Waals surface area (Å²) in [5.41, 5.74) is 4.32. The number of ether oxygens (including phenoxy) is 1. The van der Waals surface area contributed by atoms with E-state index in [-0.39, 0.29) is 24.4 Å². The van der Waals surface area contributed by atoms with Crippen LogP contribution < -0.4 is 19.4 Å². The molecule has 230 valence electrons. The fraction of sp³-hybridized carbons (Fsp3) is 0.562. The smallest absolute Gasteiger partial charge is 0.246 e. The first-order valence-electron chi connectivity index (χ1n) is 15.6. The van der Waals surface area contributed by atoms with Crippen LogP contribution in [0.15, 0.2) is 19.0 Å². The highest BCUT2D eigenvalue weighted by atomic mass is 16.5. The zero-order valence-electron chi connectivity index (χ0n) is 25.7. The number of hydrogen-bond donors (Lipinski definition) is 0. The van der Waals surface area contributed by atoms with Gasteiger partial charge in [-0.15, -0.1) is 0 Å². The Morgan fingerprint density at radius 3 is 2.64 bits per heavy atom. The van der Waals surface area contributed by atoms with Crippen LogP contribution in [0.2, 0.25) is 0 Å². The Kier molecular flexibility index (Phi) is 8.53. The number of amides is 1. The highest BCUT2D eigenvalue weighted by molar-refractivity contribution is 5.87. The minimum Gasteiger partial charge on any atom is -0.475 e. The van der Waals surface area contributed by atoms with Crippen molar-refractivity contribution >= 4 is 23.2 Å². The Bertz CT molecular complexity index is 1510. The van der Waals surface area contributed by atoms with Gasteiger partial charge in [-0.1, -0.05) is 6.58 Å². The van der Waals surface area contributed by atoms with Crippen molar-refractivity contribution in [2.75, 3.05) is 74.7 Å². The molecule has 0 saturated carbocycles. The van der Waals surface area contributed by atoms with Crippen LogP contribution in [0.4, 0.5) is 17.3 Å². The molecule has 12 heteroatoms. The van der Waals surface area contributed by atoms with E-state index in [0.717, 1.165) is 73.9 Å². The first-order valence-corrected chi connectivity index (χ1v) is 15.6. The fourth-order valence-electron chi connectivity index (χ4n) is 7.20. The Morgan fingerprint density at radius 2 is 1.89 bits per heavy atom. The van der Waals surface area contributed by atoms with Gasteiger partial charge in [-0.05, 0) is 51.8 Å². The fourth-order valence-corrected chi connectivity index (χ4v) is 7.20. The van der Waals surface area contributed by atoms with E-state index in [1.165, 1.54) is 11.6 Å². The number of carbonyl (C=O) groups is 1. The van der Waals surface area contributed by atoms with Gasteiger partial charge in [0.1, 0.15) is 36.2 Å². The molecule has 0 aliphatic carbocycles. The van der Waals surface area contributed by atoms with Gasteiger partial charge in [-0.2, -0.15) is 10.5 Å². The molecule has 4 aliphatic heterocycles. The lowest BCUT2D eigenvalue weighted by Crippen LogP contribution is -2.55. The molecule has 0 aromatic carbocycles. The second-order valence-electron chi connectivity index (χ2n) is 12.2. The van der Waals surface area contributed by atoms with E-state index in [9.17, 15) is 15.3 Å². The number of rotatable bonds is 7. The maximum absolute atomic E-state index is 12.6. The van der Waals surface area contributed by atoms with Crippen LogP contribution in [-0.4, -0.2) is 103 Å². The topological polar surface area (TPSA) is 129 Å². The number of nitrogens with zero attached hydrogens (tertiary/aromatic N) is 10. The van der Waals surface area contributed by atoms with Gasteiger partial charge in [0, 0.05) is 56.9 Å². The lowest BCUT2D eigenvalue weighted by molar-refractivity contribution is -0.128. The molecule has 1 amide bonds. The summed E-state index contributed by atoms with van der Waals surface area (Å²) in [6.07, 6.45) is 7.99. The lowest BCUT2D eigenvalue weighted by Gasteiger charge is -2.43. The number of likely N-dealkylation sites (tertiary alicyclic amines) is 1. The van der Waals surface area contributed by atoms with Crippen LogP contribution in [0.3, 0.4) is 0 Å². The predicted octanol–water partition coefficient (Wildman–Crippen LogP) is 2.28. The Balaban J connectivity index is 1.38. The van der Waals surface area contributed by atoms with Crippen molar-refractivity contribution in [1.82, 2.24) is 24.8 Å². The third kappa shape index (κ3) is 5.50. The van der Waals surface area contributed by atoms with E-state index in [2.05, 4.69) is 57.4 Å². The standard InChI is InChI=1S/C32H40N10O2/c1-4-28(43)42-16-15-40(18-22(42)9-11-33)29-24-10-14-41(31-25-8-6-13-39(3)30(25)35-21-36-31)19-27(24)37-32(26(29)17-34)44-20-23-7-5-12-38(23)2/h4,21-23H,1,5-10,12-16,18-20H2,2-3H3/t22-,23-/m0/s1. The number of pyridine rings is 1. The average molecular weight is 597 g/mol. The first-order chi connectivity index (χ1) is 21.4. The first kappa shape index (κ1) is 29.6. The quantitative estimate of drug-likeness (QED) is 0.437. The maximum atomic E-state index is 12.6. The number of aromatic nitrogens is 3. The molecule has 2 fully saturated rings. The Hall–Kier alpha value is -4.42. The van der Waals surface area contributed by atoms with Gasteiger partial charge in [0.2, 0.25) is 11.8 Å². The summed E-state index contributed by atoms with van der Waals surface area (Å²) < 4.78 is 6.39. The van der Waals surface area contributed by atoms with Gasteiger partial charge in [0.25, 0.3) is 0 Å². The summed E-state index contributed by atoms with van der Waals surface area (Å²) in [6, 6.07) is 4.65. The monoisotopic (exact) mass is 596 g/mol. The van der Waals surface area contributed by atoms with Crippen LogP contribution in [0.1, 0.15) is 48.1 Å². The van der Waals surface area contributed by atoms with Gasteiger partial charge in [-0.3, -0.25) is 4.79 Å². The van der Waals surface area contributed by atoms with Gasteiger partial charge in [0.05, 0.1) is 36.5 Å². The molecule has 6 rings (SSSR count). The highest BCUT2D eigenvalue weighted by Crippen LogP contribution is 2.40. The molecule has 6 heterocycles. The van der Waals surface area contributed by atoms with Crippen molar-refractivity contribution in [2.45, 2.75) is 57.2 Å². The Labute approximate surface area is 259 Å². The van der Waals surface area contributed by atoms with Gasteiger partial charge >= 0.3 is 0 Å². The van der Waals surface area contributed by atoms with E-state index in [4.69, 9.17) is 14.7 Å². The molecular weight excluding hydrogens is 556 g/mol. The molecule has 0 radical (unpaired) electrons. The molecule has 4 aliphatic rings. The molecule has 0 unspecified atom stereocenters. The summed E-state index contributed by atoms with van der Waals surface area (Å²) in [4.78, 5) is 37.6. The van der Waals surface area contributed by atoms with E-state index in [1.54, 1.807) is 11.2 Å². The molecule has 2 aromatic heterocycles. The number of hydrogen-bond acceptors (Lipinski definition) is 11. The number of nitriles is 2. The van der Waals surface area contributed by atoms with E-state index < -0.39 is 0 Å². The summed E-state index contributed by atoms with van der Waals surface area (Å²) >= 11 is 0. The van der Waals surface area contributed by atoms with E-state index in [0.29, 0.717) is 50.7 Å². The van der Waals surface area contributed by atoms with Crippen LogP contribution in [0, 0.1) is 22.7 Å². The lowest BCUT2D eigenvalue weighted by atomic mass is 9.96. The second kappa shape index (κ2) is 12.7. The van der Waals surface area contributed by atoms with Gasteiger partial charge in [-0.25, -0.2) is 15.0 Å². The highest BCUT2D eigenvalue weighted by Gasteiger charge is 2.36. The van der Waals surface area contributed by atoms with Crippen molar-refractivity contribution in [3.63, 3.8) is 0 Å². The molecule has 2 aromatic rings. The molecular formula is C32H40N10O2. The van der Waals surface area contributed by atoms with Crippen LogP contribution in [0.5, 0.6) is 5.88 Å². The maximum Gasteiger partial charge on any atom is 0.246 e. The SMILES string of the molecule is C=CC(=O)N1CCN(c2c(C#N)c(OC[C@@H]3CCCN3C)nc3c2CCN(c2ncnc4c2CCCN4C)C3)C[C@@H]1CC#N. The third-order valence-electron chi connectivity index (χ3n) is 9.55. The normalized spacial score (nSPS) is 21.7. The molecule has 0 spiro atoms. The van der Waals surface area contributed by atoms with E-state index >= 15 is 0 Å². The zero-order valence-corrected chi connectivity index (χ0v) is 25.7. The van der Waals surface area contributed by atoms with Crippen molar-refractivity contribution in [2.24, 2.45) is 0 Å². The Morgan fingerprint density at radius 1 is 1.05 bits per heavy atom. The minimum absolute atomic E-state index is 0.179. The number of carbonyl (C=O) groups excluding carboxylic acids is 1. The molecule has 2 saturated heterocycles. The van der Waals surface area contributed by atoms with Crippen LogP contribution in [0.25, 0.3) is 0 Å². The molecule has 0 bridgehead atoms. The van der Waals surface area contributed by atoms with Crippen molar-refractivity contribution < 1.29 is 9.53 Å². The summed E-state index contributed by atoms with van der Waals surface area (Å²) in [5, 5.41) is 20.1. The number of anilines is 3. The summed E-state index contributed by atoms with van der Waals surface area (Å²) in [6.45, 7) is 8.80. The summed E-state index contributed by atoms with van der Waals surface area (Å²) in [7, 11) is 4.18. The minimum atomic E-state index is -0.310. The molecule has 2 atom stereocenters. The third-order valence-corrected chi connectivity index (χ3v) is 9.55. The molecule has 0 N–H and O–H groups in total.